The monoisotopic (exact) mass is 316 g/mol. The Labute approximate surface area is 136 Å². The molecule has 0 radical (unpaired) electrons. The lowest BCUT2D eigenvalue weighted by Gasteiger charge is -2.14. The van der Waals surface area contributed by atoms with Gasteiger partial charge in [-0.25, -0.2) is 4.79 Å². The minimum absolute atomic E-state index is 0.0886. The van der Waals surface area contributed by atoms with Crippen LogP contribution in [0.1, 0.15) is 52.4 Å². The van der Waals surface area contributed by atoms with Gasteiger partial charge in [0.2, 0.25) is 0 Å². The van der Waals surface area contributed by atoms with E-state index in [-0.39, 0.29) is 12.6 Å². The highest BCUT2D eigenvalue weighted by atomic mass is 16.6. The summed E-state index contributed by atoms with van der Waals surface area (Å²) in [6.07, 6.45) is 7.88. The zero-order chi connectivity index (χ0) is 17.1. The molecular weight excluding hydrogens is 280 g/mol. The lowest BCUT2D eigenvalue weighted by Crippen LogP contribution is -2.22. The fourth-order valence-corrected chi connectivity index (χ4v) is 1.84. The number of nitrogens with zero attached hydrogens (tertiary/aromatic N) is 1. The quantitative estimate of drug-likeness (QED) is 0.418. The lowest BCUT2D eigenvalue weighted by molar-refractivity contribution is -0.149. The minimum Gasteiger partial charge on any atom is -0.464 e. The Hall–Kier alpha value is -1.07. The maximum Gasteiger partial charge on any atom is 0.332 e. The van der Waals surface area contributed by atoms with Crippen molar-refractivity contribution < 1.29 is 14.3 Å². The van der Waals surface area contributed by atoms with Crippen LogP contribution in [0.5, 0.6) is 0 Å². The Bertz CT molecular complexity index is 248. The van der Waals surface area contributed by atoms with E-state index in [2.05, 4.69) is 38.1 Å². The number of ether oxygens (including phenoxy) is 2. The van der Waals surface area contributed by atoms with E-state index < -0.39 is 0 Å². The van der Waals surface area contributed by atoms with Crippen LogP contribution in [-0.4, -0.2) is 50.8 Å². The Morgan fingerprint density at radius 2 is 1.77 bits per heavy atom. The van der Waals surface area contributed by atoms with E-state index in [4.69, 9.17) is 9.47 Å². The van der Waals surface area contributed by atoms with Gasteiger partial charge in [0.15, 0.2) is 0 Å². The highest BCUT2D eigenvalue weighted by molar-refractivity contribution is 5.70. The molecule has 0 unspecified atom stereocenters. The molecule has 0 aliphatic heterocycles. The molecule has 0 rings (SSSR count). The second kappa shape index (κ2) is 19.9. The van der Waals surface area contributed by atoms with E-state index in [1.54, 1.807) is 0 Å². The van der Waals surface area contributed by atoms with Crippen LogP contribution < -0.4 is 5.73 Å². The molecule has 0 bridgehead atoms. The predicted molar refractivity (Wildman–Crippen MR) is 92.7 cm³/mol. The smallest absolute Gasteiger partial charge is 0.332 e. The minimum atomic E-state index is -0.238. The van der Waals surface area contributed by atoms with E-state index in [1.807, 2.05) is 0 Å². The Kier molecular flexibility index (Phi) is 21.0. The van der Waals surface area contributed by atoms with Gasteiger partial charge in [0.05, 0.1) is 6.61 Å². The molecule has 22 heavy (non-hydrogen) atoms. The zero-order valence-corrected chi connectivity index (χ0v) is 14.8. The first-order valence-electron chi connectivity index (χ1n) is 8.36. The summed E-state index contributed by atoms with van der Waals surface area (Å²) in [5.41, 5.74) is 4.61. The van der Waals surface area contributed by atoms with Crippen LogP contribution in [0.15, 0.2) is 12.8 Å². The van der Waals surface area contributed by atoms with Gasteiger partial charge in [0.1, 0.15) is 6.61 Å². The third kappa shape index (κ3) is 21.2. The maximum absolute atomic E-state index is 11.3. The summed E-state index contributed by atoms with van der Waals surface area (Å²) < 4.78 is 10.4. The van der Waals surface area contributed by atoms with Crippen molar-refractivity contribution in [3.05, 3.63) is 12.8 Å². The molecule has 0 aliphatic carbocycles. The summed E-state index contributed by atoms with van der Waals surface area (Å²) in [7, 11) is 2.11. The largest absolute Gasteiger partial charge is 0.464 e. The van der Waals surface area contributed by atoms with Crippen molar-refractivity contribution in [3.63, 3.8) is 0 Å². The summed E-state index contributed by atoms with van der Waals surface area (Å²) in [6.45, 7) is 10.8. The number of esters is 1. The van der Waals surface area contributed by atoms with Crippen LogP contribution in [0.2, 0.25) is 0 Å². The van der Waals surface area contributed by atoms with Gasteiger partial charge in [-0.2, -0.15) is 0 Å². The average Bonchev–Trinajstić information content (AvgIpc) is 2.48. The van der Waals surface area contributed by atoms with Crippen LogP contribution in [0.25, 0.3) is 0 Å². The first-order valence-corrected chi connectivity index (χ1v) is 8.36. The molecule has 0 atom stereocenters. The average molecular weight is 316 g/mol. The molecule has 0 saturated carbocycles. The zero-order valence-electron chi connectivity index (χ0n) is 14.8. The molecule has 2 N–H and O–H groups in total. The van der Waals surface area contributed by atoms with Gasteiger partial charge >= 0.3 is 5.97 Å². The Balaban J connectivity index is 0. The lowest BCUT2D eigenvalue weighted by atomic mass is 10.2. The van der Waals surface area contributed by atoms with Gasteiger partial charge in [0, 0.05) is 13.2 Å². The van der Waals surface area contributed by atoms with Crippen LogP contribution in [0, 0.1) is 0 Å². The number of unbranched alkanes of at least 4 members (excludes halogenated alkanes) is 3. The topological polar surface area (TPSA) is 64.8 Å². The normalized spacial score (nSPS) is 10.0. The molecule has 0 aromatic rings. The van der Waals surface area contributed by atoms with Crippen LogP contribution in [0.3, 0.4) is 0 Å². The van der Waals surface area contributed by atoms with Crippen molar-refractivity contribution in [2.24, 2.45) is 5.73 Å². The highest BCUT2D eigenvalue weighted by Crippen LogP contribution is 1.99. The first kappa shape index (κ1) is 23.2. The number of hydrogen-bond donors (Lipinski definition) is 1. The Morgan fingerprint density at radius 1 is 1.09 bits per heavy atom. The summed E-state index contributed by atoms with van der Waals surface area (Å²) in [4.78, 5) is 13.6. The molecule has 0 fully saturated rings. The summed E-state index contributed by atoms with van der Waals surface area (Å²) in [5.74, 6) is -0.238. The summed E-state index contributed by atoms with van der Waals surface area (Å²) >= 11 is 0. The highest BCUT2D eigenvalue weighted by Gasteiger charge is 2.03. The standard InChI is InChI=1S/C15H31NO3.C2H5N/c1-4-6-7-8-13-19-15(17)14-18-12-9-11-16(3)10-5-2;1-2-3/h4-14H2,1-3H3;2H,1,3H2. The number of carbonyl (C=O) groups excluding carboxylic acids is 1. The predicted octanol–water partition coefficient (Wildman–Crippen LogP) is 2.95. The van der Waals surface area contributed by atoms with Crippen molar-refractivity contribution in [2.45, 2.75) is 52.4 Å². The molecule has 0 aliphatic rings. The van der Waals surface area contributed by atoms with Crippen LogP contribution in [-0.2, 0) is 14.3 Å². The second-order valence-electron chi connectivity index (χ2n) is 5.23. The second-order valence-corrected chi connectivity index (χ2v) is 5.23. The van der Waals surface area contributed by atoms with Gasteiger partial charge < -0.3 is 20.1 Å². The van der Waals surface area contributed by atoms with Crippen molar-refractivity contribution in [2.75, 3.05) is 40.0 Å². The van der Waals surface area contributed by atoms with Gasteiger partial charge in [-0.3, -0.25) is 0 Å². The Morgan fingerprint density at radius 3 is 2.36 bits per heavy atom. The van der Waals surface area contributed by atoms with E-state index >= 15 is 0 Å². The third-order valence-electron chi connectivity index (χ3n) is 2.91. The molecule has 0 spiro atoms. The first-order chi connectivity index (χ1) is 10.6. The summed E-state index contributed by atoms with van der Waals surface area (Å²) in [5, 5.41) is 0. The molecule has 0 aromatic heterocycles. The number of hydrogen-bond acceptors (Lipinski definition) is 5. The van der Waals surface area contributed by atoms with E-state index in [1.165, 1.54) is 25.5 Å². The van der Waals surface area contributed by atoms with Gasteiger partial charge in [-0.05, 0) is 39.1 Å². The van der Waals surface area contributed by atoms with Crippen molar-refractivity contribution >= 4 is 5.97 Å². The molecule has 132 valence electrons. The third-order valence-corrected chi connectivity index (χ3v) is 2.91. The number of nitrogens with two attached hydrogens (primary N) is 1. The van der Waals surface area contributed by atoms with E-state index in [9.17, 15) is 4.79 Å². The van der Waals surface area contributed by atoms with Crippen molar-refractivity contribution in [1.82, 2.24) is 4.90 Å². The molecule has 0 amide bonds. The van der Waals surface area contributed by atoms with Crippen molar-refractivity contribution in [1.29, 1.82) is 0 Å². The van der Waals surface area contributed by atoms with Gasteiger partial charge in [-0.1, -0.05) is 39.7 Å². The molecule has 0 heterocycles. The fraction of sp³-hybridized carbons (Fsp3) is 0.824. The van der Waals surface area contributed by atoms with Crippen molar-refractivity contribution in [3.8, 4) is 0 Å². The maximum atomic E-state index is 11.3. The number of carbonyl (C=O) groups is 1. The van der Waals surface area contributed by atoms with Crippen LogP contribution in [0.4, 0.5) is 0 Å². The molecule has 0 saturated heterocycles. The van der Waals surface area contributed by atoms with Gasteiger partial charge in [-0.15, -0.1) is 0 Å². The van der Waals surface area contributed by atoms with E-state index in [0.29, 0.717) is 13.2 Å². The fourth-order valence-electron chi connectivity index (χ4n) is 1.84. The molecular formula is C17H36N2O3. The SMILES string of the molecule is C=CN.CCCCCCOC(=O)COCCCN(C)CCC. The van der Waals surface area contributed by atoms with Crippen LogP contribution >= 0.6 is 0 Å². The molecule has 0 aromatic carbocycles. The molecule has 5 heteroatoms. The van der Waals surface area contributed by atoms with E-state index in [0.717, 1.165) is 32.4 Å². The number of rotatable bonds is 13. The summed E-state index contributed by atoms with van der Waals surface area (Å²) in [6, 6.07) is 0. The van der Waals surface area contributed by atoms with Gasteiger partial charge in [0.25, 0.3) is 0 Å². The molecule has 5 nitrogen and oxygen atoms in total.